The van der Waals surface area contributed by atoms with Crippen LogP contribution in [0.1, 0.15) is 31.3 Å². The van der Waals surface area contributed by atoms with Gasteiger partial charge in [0, 0.05) is 24.9 Å². The SMILES string of the molecule is [2H]C([2H])(C(=O)N(CC)CC)C([2H])([2H])c1ccccc1. The molecule has 0 aliphatic carbocycles. The van der Waals surface area contributed by atoms with Crippen LogP contribution in [0.4, 0.5) is 0 Å². The first-order valence-electron chi connectivity index (χ1n) is 7.14. The van der Waals surface area contributed by atoms with E-state index < -0.39 is 18.7 Å². The van der Waals surface area contributed by atoms with Crippen molar-refractivity contribution in [2.24, 2.45) is 0 Å². The second-order valence-electron chi connectivity index (χ2n) is 3.09. The van der Waals surface area contributed by atoms with Gasteiger partial charge >= 0.3 is 0 Å². The molecular formula is C13H19NO. The normalized spacial score (nSPS) is 15.9. The first-order chi connectivity index (χ1) is 8.79. The number of benzene rings is 1. The van der Waals surface area contributed by atoms with Gasteiger partial charge < -0.3 is 4.90 Å². The van der Waals surface area contributed by atoms with E-state index in [1.54, 1.807) is 32.0 Å². The lowest BCUT2D eigenvalue weighted by molar-refractivity contribution is -0.130. The van der Waals surface area contributed by atoms with E-state index in [4.69, 9.17) is 5.48 Å². The van der Waals surface area contributed by atoms with Gasteiger partial charge in [-0.15, -0.1) is 0 Å². The molecule has 0 unspecified atom stereocenters. The molecule has 0 radical (unpaired) electrons. The van der Waals surface area contributed by atoms with Crippen molar-refractivity contribution in [2.45, 2.75) is 26.6 Å². The highest BCUT2D eigenvalue weighted by Gasteiger charge is 2.08. The third kappa shape index (κ3) is 3.74. The van der Waals surface area contributed by atoms with Crippen LogP contribution in [0.2, 0.25) is 0 Å². The number of hydrogen-bond acceptors (Lipinski definition) is 1. The third-order valence-corrected chi connectivity index (χ3v) is 2.14. The molecule has 0 bridgehead atoms. The summed E-state index contributed by atoms with van der Waals surface area (Å²) in [5.74, 6) is -0.814. The van der Waals surface area contributed by atoms with Gasteiger partial charge in [0.15, 0.2) is 0 Å². The Morgan fingerprint density at radius 2 is 1.87 bits per heavy atom. The molecule has 1 amide bonds. The van der Waals surface area contributed by atoms with Crippen LogP contribution in [0.25, 0.3) is 0 Å². The van der Waals surface area contributed by atoms with Crippen molar-refractivity contribution in [3.05, 3.63) is 35.9 Å². The van der Waals surface area contributed by atoms with Crippen molar-refractivity contribution in [1.29, 1.82) is 0 Å². The Labute approximate surface area is 97.5 Å². The van der Waals surface area contributed by atoms with Crippen LogP contribution in [-0.4, -0.2) is 23.9 Å². The van der Waals surface area contributed by atoms with Gasteiger partial charge in [-0.1, -0.05) is 30.3 Å². The molecule has 0 heterocycles. The molecule has 0 N–H and O–H groups in total. The van der Waals surface area contributed by atoms with E-state index in [-0.39, 0.29) is 5.56 Å². The second kappa shape index (κ2) is 6.23. The number of aryl methyl sites for hydroxylation is 1. The van der Waals surface area contributed by atoms with Crippen LogP contribution in [0.3, 0.4) is 0 Å². The van der Waals surface area contributed by atoms with Crippen LogP contribution in [0.5, 0.6) is 0 Å². The fourth-order valence-electron chi connectivity index (χ4n) is 1.24. The summed E-state index contributed by atoms with van der Waals surface area (Å²) in [6, 6.07) is 7.97. The van der Waals surface area contributed by atoms with Gasteiger partial charge in [0.2, 0.25) is 5.91 Å². The van der Waals surface area contributed by atoms with Crippen LogP contribution in [0, 0.1) is 0 Å². The van der Waals surface area contributed by atoms with Gasteiger partial charge in [0.05, 0.1) is 0 Å². The molecule has 0 saturated carbocycles. The molecule has 0 saturated heterocycles. The predicted molar refractivity (Wildman–Crippen MR) is 62.7 cm³/mol. The summed E-state index contributed by atoms with van der Waals surface area (Å²) >= 11 is 0. The third-order valence-electron chi connectivity index (χ3n) is 2.14. The van der Waals surface area contributed by atoms with Crippen molar-refractivity contribution in [2.75, 3.05) is 13.1 Å². The molecule has 15 heavy (non-hydrogen) atoms. The lowest BCUT2D eigenvalue weighted by Crippen LogP contribution is -2.30. The van der Waals surface area contributed by atoms with Crippen molar-refractivity contribution in [1.82, 2.24) is 4.90 Å². The second-order valence-corrected chi connectivity index (χ2v) is 3.09. The summed E-state index contributed by atoms with van der Waals surface area (Å²) in [4.78, 5) is 13.5. The Bertz CT molecular complexity index is 430. The molecule has 1 aromatic rings. The zero-order valence-corrected chi connectivity index (χ0v) is 9.16. The van der Waals surface area contributed by atoms with E-state index in [1.165, 1.54) is 17.0 Å². The number of hydrogen-bond donors (Lipinski definition) is 0. The molecule has 0 spiro atoms. The molecule has 0 aliphatic rings. The standard InChI is InChI=1S/C13H19NO/c1-3-14(4-2)13(15)11-10-12-8-6-5-7-9-12/h5-9H,3-4,10-11H2,1-2H3/i10D2,11D2. The van der Waals surface area contributed by atoms with E-state index in [0.29, 0.717) is 13.1 Å². The zero-order valence-electron chi connectivity index (χ0n) is 13.2. The van der Waals surface area contributed by atoms with E-state index in [1.807, 2.05) is 0 Å². The smallest absolute Gasteiger partial charge is 0.222 e. The summed E-state index contributed by atoms with van der Waals surface area (Å²) in [5, 5.41) is 0. The highest BCUT2D eigenvalue weighted by molar-refractivity contribution is 5.76. The zero-order chi connectivity index (χ0) is 14.7. The van der Waals surface area contributed by atoms with Gasteiger partial charge in [-0.2, -0.15) is 0 Å². The highest BCUT2D eigenvalue weighted by atomic mass is 16.2. The van der Waals surface area contributed by atoms with Gasteiger partial charge in [-0.3, -0.25) is 4.79 Å². The summed E-state index contributed by atoms with van der Waals surface area (Å²) in [6.07, 6.45) is -4.96. The van der Waals surface area contributed by atoms with Crippen LogP contribution in [0.15, 0.2) is 30.3 Å². The molecule has 2 nitrogen and oxygen atoms in total. The molecule has 1 aromatic carbocycles. The number of carbonyl (C=O) groups excluding carboxylic acids is 1. The van der Waals surface area contributed by atoms with Crippen molar-refractivity contribution in [3.63, 3.8) is 0 Å². The maximum Gasteiger partial charge on any atom is 0.222 e. The quantitative estimate of drug-likeness (QED) is 0.729. The minimum Gasteiger partial charge on any atom is -0.343 e. The lowest BCUT2D eigenvalue weighted by Gasteiger charge is -2.18. The largest absolute Gasteiger partial charge is 0.343 e. The fraction of sp³-hybridized carbons (Fsp3) is 0.462. The number of amides is 1. The average molecular weight is 209 g/mol. The molecule has 2 heteroatoms. The molecule has 0 fully saturated rings. The monoisotopic (exact) mass is 209 g/mol. The van der Waals surface area contributed by atoms with Gasteiger partial charge in [0.25, 0.3) is 0 Å². The maximum absolute atomic E-state index is 12.2. The van der Waals surface area contributed by atoms with Crippen molar-refractivity contribution < 1.29 is 10.3 Å². The molecule has 0 aliphatic heterocycles. The fourth-order valence-corrected chi connectivity index (χ4v) is 1.24. The van der Waals surface area contributed by atoms with Crippen molar-refractivity contribution >= 4 is 5.91 Å². The summed E-state index contributed by atoms with van der Waals surface area (Å²) in [7, 11) is 0. The maximum atomic E-state index is 12.2. The van der Waals surface area contributed by atoms with E-state index >= 15 is 0 Å². The molecule has 82 valence electrons. The summed E-state index contributed by atoms with van der Waals surface area (Å²) in [5.41, 5.74) is 0.167. The molecule has 0 atom stereocenters. The topological polar surface area (TPSA) is 20.3 Å². The van der Waals surface area contributed by atoms with Gasteiger partial charge in [-0.25, -0.2) is 0 Å². The van der Waals surface area contributed by atoms with E-state index in [2.05, 4.69) is 0 Å². The van der Waals surface area contributed by atoms with E-state index in [9.17, 15) is 4.79 Å². The first-order valence-corrected chi connectivity index (χ1v) is 5.14. The minimum atomic E-state index is -2.60. The number of nitrogens with zero attached hydrogens (tertiary/aromatic N) is 1. The average Bonchev–Trinajstić information content (AvgIpc) is 2.40. The van der Waals surface area contributed by atoms with Gasteiger partial charge in [-0.05, 0) is 25.8 Å². The first kappa shape index (κ1) is 7.04. The molecule has 1 rings (SSSR count). The minimum absolute atomic E-state index is 0.167. The highest BCUT2D eigenvalue weighted by Crippen LogP contribution is 2.04. The summed E-state index contributed by atoms with van der Waals surface area (Å²) < 4.78 is 31.8. The Balaban J connectivity index is 3.14. The van der Waals surface area contributed by atoms with Crippen LogP contribution in [-0.2, 0) is 11.2 Å². The van der Waals surface area contributed by atoms with Crippen LogP contribution >= 0.6 is 0 Å². The van der Waals surface area contributed by atoms with Crippen molar-refractivity contribution in [3.8, 4) is 0 Å². The Kier molecular flexibility index (Phi) is 2.92. The molecule has 0 aromatic heterocycles. The molecular weight excluding hydrogens is 186 g/mol. The predicted octanol–water partition coefficient (Wildman–Crippen LogP) is 2.49. The Morgan fingerprint density at radius 1 is 1.27 bits per heavy atom. The van der Waals surface area contributed by atoms with Gasteiger partial charge in [0.1, 0.15) is 0 Å². The van der Waals surface area contributed by atoms with Crippen LogP contribution < -0.4 is 0 Å². The van der Waals surface area contributed by atoms with E-state index in [0.717, 1.165) is 0 Å². The number of carbonyl (C=O) groups is 1. The summed E-state index contributed by atoms with van der Waals surface area (Å²) in [6.45, 7) is 4.21. The Morgan fingerprint density at radius 3 is 2.40 bits per heavy atom. The number of rotatable bonds is 5. The Hall–Kier alpha value is -1.31. The lowest BCUT2D eigenvalue weighted by atomic mass is 10.1.